The van der Waals surface area contributed by atoms with Crippen LogP contribution in [0, 0.1) is 0 Å². The molecule has 2 nitrogen and oxygen atoms in total. The Balaban J connectivity index is 2.04. The Morgan fingerprint density at radius 1 is 0.733 bits per heavy atom. The molecule has 2 heteroatoms. The zero-order valence-electron chi connectivity index (χ0n) is 11.2. The van der Waals surface area contributed by atoms with Crippen molar-refractivity contribution in [2.24, 2.45) is 0 Å². The maximum Gasteiger partial charge on any atom is 0.0273 e. The Labute approximate surface area is 94.6 Å². The summed E-state index contributed by atoms with van der Waals surface area (Å²) in [7, 11) is 0. The molecule has 0 aromatic heterocycles. The van der Waals surface area contributed by atoms with Gasteiger partial charge in [-0.25, -0.2) is 0 Å². The van der Waals surface area contributed by atoms with Crippen LogP contribution < -0.4 is 0 Å². The van der Waals surface area contributed by atoms with Crippen LogP contribution >= 0.6 is 0 Å². The smallest absolute Gasteiger partial charge is 0.0273 e. The largest absolute Gasteiger partial charge is 0.293 e. The molecule has 1 aliphatic carbocycles. The van der Waals surface area contributed by atoms with Gasteiger partial charge in [-0.2, -0.15) is 0 Å². The second kappa shape index (κ2) is 3.21. The van der Waals surface area contributed by atoms with Gasteiger partial charge >= 0.3 is 0 Å². The number of nitrogens with zero attached hydrogens (tertiary/aromatic N) is 2. The van der Waals surface area contributed by atoms with E-state index >= 15 is 0 Å². The van der Waals surface area contributed by atoms with Crippen molar-refractivity contribution >= 4 is 0 Å². The molecule has 1 saturated heterocycles. The highest BCUT2D eigenvalue weighted by Gasteiger charge is 2.53. The summed E-state index contributed by atoms with van der Waals surface area (Å²) in [5.41, 5.74) is 0.701. The predicted octanol–water partition coefficient (Wildman–Crippen LogP) is 2.34. The number of hydrogen-bond donors (Lipinski definition) is 0. The molecule has 0 radical (unpaired) electrons. The molecule has 0 spiro atoms. The van der Waals surface area contributed by atoms with E-state index in [1.165, 1.54) is 19.5 Å². The highest BCUT2D eigenvalue weighted by Crippen LogP contribution is 2.42. The van der Waals surface area contributed by atoms with E-state index in [9.17, 15) is 0 Å². The van der Waals surface area contributed by atoms with Gasteiger partial charge < -0.3 is 0 Å². The third kappa shape index (κ3) is 2.07. The third-order valence-electron chi connectivity index (χ3n) is 3.83. The molecule has 2 aliphatic rings. The maximum absolute atomic E-state index is 2.69. The van der Waals surface area contributed by atoms with Crippen LogP contribution in [0.4, 0.5) is 0 Å². The van der Waals surface area contributed by atoms with Crippen LogP contribution in [0.15, 0.2) is 0 Å². The summed E-state index contributed by atoms with van der Waals surface area (Å²) < 4.78 is 0. The Bertz CT molecular complexity index is 220. The SMILES string of the molecule is CC(C)(C)N1CCN(C(C)(C)C)[C@H]2C[C@H]21. The molecule has 15 heavy (non-hydrogen) atoms. The van der Waals surface area contributed by atoms with Crippen LogP contribution in [0.1, 0.15) is 48.0 Å². The summed E-state index contributed by atoms with van der Waals surface area (Å²) in [6.07, 6.45) is 1.38. The van der Waals surface area contributed by atoms with Crippen LogP contribution in [0.25, 0.3) is 0 Å². The monoisotopic (exact) mass is 210 g/mol. The lowest BCUT2D eigenvalue weighted by Gasteiger charge is -2.46. The van der Waals surface area contributed by atoms with E-state index in [2.05, 4.69) is 51.3 Å². The molecule has 0 N–H and O–H groups in total. The maximum atomic E-state index is 2.69. The highest BCUT2D eigenvalue weighted by molar-refractivity contribution is 5.10. The van der Waals surface area contributed by atoms with Crippen molar-refractivity contribution in [2.45, 2.75) is 71.1 Å². The summed E-state index contributed by atoms with van der Waals surface area (Å²) >= 11 is 0. The molecule has 2 atom stereocenters. The molecule has 1 heterocycles. The van der Waals surface area contributed by atoms with Gasteiger partial charge in [-0.3, -0.25) is 9.80 Å². The zero-order chi connectivity index (χ0) is 11.4. The molecule has 1 aliphatic heterocycles. The summed E-state index contributed by atoms with van der Waals surface area (Å²) in [6.45, 7) is 16.5. The molecular formula is C13H26N2. The van der Waals surface area contributed by atoms with Crippen LogP contribution in [0.2, 0.25) is 0 Å². The van der Waals surface area contributed by atoms with E-state index in [1.54, 1.807) is 0 Å². The minimum absolute atomic E-state index is 0.351. The second-order valence-electron chi connectivity index (χ2n) is 7.10. The van der Waals surface area contributed by atoms with Gasteiger partial charge in [-0.15, -0.1) is 0 Å². The molecule has 0 amide bonds. The van der Waals surface area contributed by atoms with Crippen LogP contribution in [-0.4, -0.2) is 46.1 Å². The fraction of sp³-hybridized carbons (Fsp3) is 1.00. The van der Waals surface area contributed by atoms with Crippen molar-refractivity contribution in [3.63, 3.8) is 0 Å². The molecule has 0 unspecified atom stereocenters. The fourth-order valence-corrected chi connectivity index (χ4v) is 3.05. The Kier molecular flexibility index (Phi) is 2.44. The lowest BCUT2D eigenvalue weighted by molar-refractivity contribution is 0.0179. The Morgan fingerprint density at radius 3 is 1.33 bits per heavy atom. The van der Waals surface area contributed by atoms with Gasteiger partial charge in [0.25, 0.3) is 0 Å². The van der Waals surface area contributed by atoms with Crippen molar-refractivity contribution in [3.8, 4) is 0 Å². The van der Waals surface area contributed by atoms with Gasteiger partial charge in [-0.1, -0.05) is 0 Å². The lowest BCUT2D eigenvalue weighted by Crippen LogP contribution is -2.57. The molecular weight excluding hydrogens is 184 g/mol. The third-order valence-corrected chi connectivity index (χ3v) is 3.83. The number of rotatable bonds is 0. The van der Waals surface area contributed by atoms with Crippen LogP contribution in [0.3, 0.4) is 0 Å². The number of fused-ring (bicyclic) bond motifs is 1. The number of hydrogen-bond acceptors (Lipinski definition) is 2. The first-order valence-corrected chi connectivity index (χ1v) is 6.25. The minimum Gasteiger partial charge on any atom is -0.293 e. The predicted molar refractivity (Wildman–Crippen MR) is 65.1 cm³/mol. The molecule has 2 rings (SSSR count). The van der Waals surface area contributed by atoms with E-state index in [0.29, 0.717) is 11.1 Å². The van der Waals surface area contributed by atoms with E-state index in [4.69, 9.17) is 0 Å². The van der Waals surface area contributed by atoms with Crippen LogP contribution in [-0.2, 0) is 0 Å². The van der Waals surface area contributed by atoms with Crippen molar-refractivity contribution in [2.75, 3.05) is 13.1 Å². The normalized spacial score (nSPS) is 34.0. The van der Waals surface area contributed by atoms with Crippen molar-refractivity contribution in [1.29, 1.82) is 0 Å². The summed E-state index contributed by atoms with van der Waals surface area (Å²) in [5.74, 6) is 0. The van der Waals surface area contributed by atoms with Gasteiger partial charge in [0, 0.05) is 36.3 Å². The van der Waals surface area contributed by atoms with E-state index < -0.39 is 0 Å². The Hall–Kier alpha value is -0.0800. The van der Waals surface area contributed by atoms with E-state index in [-0.39, 0.29) is 0 Å². The molecule has 88 valence electrons. The second-order valence-corrected chi connectivity index (χ2v) is 7.10. The standard InChI is InChI=1S/C13H26N2/c1-12(2,3)14-7-8-15(13(4,5)6)11-9-10(11)14/h10-11H,7-9H2,1-6H3/t10-,11+. The Morgan fingerprint density at radius 2 is 1.07 bits per heavy atom. The summed E-state index contributed by atoms with van der Waals surface area (Å²) in [5, 5.41) is 0. The lowest BCUT2D eigenvalue weighted by atomic mass is 10.0. The van der Waals surface area contributed by atoms with Gasteiger partial charge in [0.1, 0.15) is 0 Å². The van der Waals surface area contributed by atoms with Gasteiger partial charge in [0.05, 0.1) is 0 Å². The van der Waals surface area contributed by atoms with E-state index in [1.807, 2.05) is 0 Å². The quantitative estimate of drug-likeness (QED) is 0.605. The minimum atomic E-state index is 0.351. The summed E-state index contributed by atoms with van der Waals surface area (Å²) in [4.78, 5) is 5.39. The van der Waals surface area contributed by atoms with Gasteiger partial charge in [-0.05, 0) is 48.0 Å². The van der Waals surface area contributed by atoms with Crippen molar-refractivity contribution in [1.82, 2.24) is 9.80 Å². The average Bonchev–Trinajstić information content (AvgIpc) is 2.75. The molecule has 0 bridgehead atoms. The zero-order valence-corrected chi connectivity index (χ0v) is 11.2. The summed E-state index contributed by atoms with van der Waals surface area (Å²) in [6, 6.07) is 1.66. The average molecular weight is 210 g/mol. The van der Waals surface area contributed by atoms with E-state index in [0.717, 1.165) is 12.1 Å². The molecule has 0 aromatic carbocycles. The van der Waals surface area contributed by atoms with Crippen LogP contribution in [0.5, 0.6) is 0 Å². The first-order valence-electron chi connectivity index (χ1n) is 6.25. The van der Waals surface area contributed by atoms with Crippen molar-refractivity contribution in [3.05, 3.63) is 0 Å². The number of piperazine rings is 1. The topological polar surface area (TPSA) is 6.48 Å². The first kappa shape index (κ1) is 11.4. The first-order chi connectivity index (χ1) is 6.71. The highest BCUT2D eigenvalue weighted by atomic mass is 15.4. The molecule has 0 aromatic rings. The fourth-order valence-electron chi connectivity index (χ4n) is 3.05. The van der Waals surface area contributed by atoms with Crippen molar-refractivity contribution < 1.29 is 0 Å². The molecule has 1 saturated carbocycles. The van der Waals surface area contributed by atoms with Gasteiger partial charge in [0.15, 0.2) is 0 Å². The van der Waals surface area contributed by atoms with Gasteiger partial charge in [0.2, 0.25) is 0 Å². The molecule has 2 fully saturated rings.